The van der Waals surface area contributed by atoms with E-state index in [0.29, 0.717) is 17.8 Å². The molecule has 0 bridgehead atoms. The zero-order valence-corrected chi connectivity index (χ0v) is 12.7. The number of hydrogen-bond acceptors (Lipinski definition) is 3. The van der Waals surface area contributed by atoms with E-state index < -0.39 is 0 Å². The first kappa shape index (κ1) is 15.5. The van der Waals surface area contributed by atoms with Gasteiger partial charge >= 0.3 is 0 Å². The molecule has 114 valence electrons. The number of anilines is 1. The Morgan fingerprint density at radius 3 is 2.86 bits per heavy atom. The van der Waals surface area contributed by atoms with Crippen molar-refractivity contribution >= 4 is 17.5 Å². The van der Waals surface area contributed by atoms with Crippen LogP contribution in [-0.2, 0) is 4.79 Å². The van der Waals surface area contributed by atoms with Gasteiger partial charge in [-0.15, -0.1) is 0 Å². The van der Waals surface area contributed by atoms with Crippen molar-refractivity contribution in [1.82, 2.24) is 10.6 Å². The number of carbonyl (C=O) groups excluding carboxylic acids is 2. The number of hydrogen-bond donors (Lipinski definition) is 3. The summed E-state index contributed by atoms with van der Waals surface area (Å²) in [5.41, 5.74) is 2.24. The van der Waals surface area contributed by atoms with Gasteiger partial charge in [0.25, 0.3) is 5.91 Å². The van der Waals surface area contributed by atoms with Gasteiger partial charge < -0.3 is 16.0 Å². The first-order chi connectivity index (χ1) is 10.1. The summed E-state index contributed by atoms with van der Waals surface area (Å²) in [5, 5.41) is 8.96. The molecule has 5 nitrogen and oxygen atoms in total. The maximum Gasteiger partial charge on any atom is 0.251 e. The fourth-order valence-electron chi connectivity index (χ4n) is 2.47. The molecule has 1 saturated heterocycles. The zero-order valence-electron chi connectivity index (χ0n) is 12.7. The van der Waals surface area contributed by atoms with Crippen LogP contribution in [0.2, 0.25) is 0 Å². The minimum absolute atomic E-state index is 0.00581. The van der Waals surface area contributed by atoms with E-state index >= 15 is 0 Å². The summed E-state index contributed by atoms with van der Waals surface area (Å²) in [7, 11) is 0. The highest BCUT2D eigenvalue weighted by atomic mass is 16.2. The highest BCUT2D eigenvalue weighted by Crippen LogP contribution is 2.19. The van der Waals surface area contributed by atoms with Crippen molar-refractivity contribution in [2.24, 2.45) is 5.92 Å². The van der Waals surface area contributed by atoms with E-state index in [1.165, 1.54) is 0 Å². The summed E-state index contributed by atoms with van der Waals surface area (Å²) in [6, 6.07) is 5.38. The predicted octanol–water partition coefficient (Wildman–Crippen LogP) is 1.68. The second kappa shape index (κ2) is 7.22. The van der Waals surface area contributed by atoms with Crippen LogP contribution in [0.25, 0.3) is 0 Å². The largest absolute Gasteiger partial charge is 0.352 e. The van der Waals surface area contributed by atoms with Crippen molar-refractivity contribution in [3.05, 3.63) is 29.3 Å². The lowest BCUT2D eigenvalue weighted by atomic mass is 9.98. The molecule has 1 atom stereocenters. The molecular formula is C16H23N3O2. The van der Waals surface area contributed by atoms with Crippen LogP contribution in [0.3, 0.4) is 0 Å². The van der Waals surface area contributed by atoms with E-state index in [2.05, 4.69) is 16.0 Å². The van der Waals surface area contributed by atoms with Crippen LogP contribution in [0.1, 0.15) is 35.7 Å². The van der Waals surface area contributed by atoms with Crippen LogP contribution < -0.4 is 16.0 Å². The number of carbonyl (C=O) groups is 2. The molecule has 0 aliphatic carbocycles. The highest BCUT2D eigenvalue weighted by Gasteiger charge is 2.21. The van der Waals surface area contributed by atoms with Crippen LogP contribution in [0.15, 0.2) is 18.2 Å². The van der Waals surface area contributed by atoms with Crippen LogP contribution >= 0.6 is 0 Å². The molecule has 3 N–H and O–H groups in total. The van der Waals surface area contributed by atoms with Crippen molar-refractivity contribution in [1.29, 1.82) is 0 Å². The standard InChI is InChI=1S/C16H23N3O2/c1-3-18-15(20)12-7-6-11(2)14(9-12)19-16(21)13-5-4-8-17-10-13/h6-7,9,13,17H,3-5,8,10H2,1-2H3,(H,18,20)(H,19,21)/t13-/m1/s1. The lowest BCUT2D eigenvalue weighted by molar-refractivity contribution is -0.120. The molecule has 1 heterocycles. The van der Waals surface area contributed by atoms with Gasteiger partial charge in [0.2, 0.25) is 5.91 Å². The van der Waals surface area contributed by atoms with Crippen LogP contribution in [-0.4, -0.2) is 31.4 Å². The predicted molar refractivity (Wildman–Crippen MR) is 83.4 cm³/mol. The molecule has 1 aromatic carbocycles. The average molecular weight is 289 g/mol. The molecule has 1 aliphatic heterocycles. The van der Waals surface area contributed by atoms with E-state index in [9.17, 15) is 9.59 Å². The summed E-state index contributed by atoms with van der Waals surface area (Å²) in [6.07, 6.45) is 1.93. The third-order valence-electron chi connectivity index (χ3n) is 3.76. The summed E-state index contributed by atoms with van der Waals surface area (Å²) in [6.45, 7) is 6.10. The molecule has 0 radical (unpaired) electrons. The van der Waals surface area contributed by atoms with Gasteiger partial charge in [0.15, 0.2) is 0 Å². The number of nitrogens with one attached hydrogen (secondary N) is 3. The lowest BCUT2D eigenvalue weighted by Crippen LogP contribution is -2.37. The molecule has 0 aromatic heterocycles. The molecule has 1 aliphatic rings. The van der Waals surface area contributed by atoms with Crippen molar-refractivity contribution in [2.45, 2.75) is 26.7 Å². The second-order valence-electron chi connectivity index (χ2n) is 5.42. The Bertz CT molecular complexity index is 522. The number of amides is 2. The van der Waals surface area contributed by atoms with Crippen molar-refractivity contribution in [2.75, 3.05) is 25.0 Å². The third kappa shape index (κ3) is 4.04. The average Bonchev–Trinajstić information content (AvgIpc) is 2.50. The number of piperidine rings is 1. The van der Waals surface area contributed by atoms with Crippen molar-refractivity contribution in [3.8, 4) is 0 Å². The van der Waals surface area contributed by atoms with Crippen LogP contribution in [0.4, 0.5) is 5.69 Å². The number of benzene rings is 1. The van der Waals surface area contributed by atoms with E-state index in [1.54, 1.807) is 12.1 Å². The Balaban J connectivity index is 2.09. The number of rotatable bonds is 4. The minimum atomic E-state index is -0.118. The Labute approximate surface area is 125 Å². The molecule has 2 amide bonds. The van der Waals surface area contributed by atoms with E-state index in [-0.39, 0.29) is 17.7 Å². The summed E-state index contributed by atoms with van der Waals surface area (Å²) < 4.78 is 0. The maximum absolute atomic E-state index is 12.3. The van der Waals surface area contributed by atoms with E-state index in [1.807, 2.05) is 19.9 Å². The third-order valence-corrected chi connectivity index (χ3v) is 3.76. The van der Waals surface area contributed by atoms with Gasteiger partial charge in [-0.05, 0) is 50.9 Å². The summed E-state index contributed by atoms with van der Waals surface area (Å²) >= 11 is 0. The first-order valence-electron chi connectivity index (χ1n) is 7.52. The van der Waals surface area contributed by atoms with Crippen molar-refractivity contribution in [3.63, 3.8) is 0 Å². The maximum atomic E-state index is 12.3. The Morgan fingerprint density at radius 1 is 1.38 bits per heavy atom. The molecule has 5 heteroatoms. The first-order valence-corrected chi connectivity index (χ1v) is 7.52. The normalized spacial score (nSPS) is 18.1. The smallest absolute Gasteiger partial charge is 0.251 e. The van der Waals surface area contributed by atoms with E-state index in [4.69, 9.17) is 0 Å². The topological polar surface area (TPSA) is 70.2 Å². The lowest BCUT2D eigenvalue weighted by Gasteiger charge is -2.22. The Hall–Kier alpha value is -1.88. The zero-order chi connectivity index (χ0) is 15.2. The van der Waals surface area contributed by atoms with E-state index in [0.717, 1.165) is 31.5 Å². The van der Waals surface area contributed by atoms with Gasteiger partial charge in [0.1, 0.15) is 0 Å². The van der Waals surface area contributed by atoms with Gasteiger partial charge in [0, 0.05) is 24.3 Å². The molecule has 21 heavy (non-hydrogen) atoms. The van der Waals surface area contributed by atoms with Gasteiger partial charge in [-0.1, -0.05) is 6.07 Å². The van der Waals surface area contributed by atoms with Gasteiger partial charge in [-0.2, -0.15) is 0 Å². The number of aryl methyl sites for hydroxylation is 1. The molecule has 0 spiro atoms. The minimum Gasteiger partial charge on any atom is -0.352 e. The summed E-state index contributed by atoms with van der Waals surface area (Å²) in [5.74, 6) is -0.0862. The van der Waals surface area contributed by atoms with Crippen LogP contribution in [0.5, 0.6) is 0 Å². The summed E-state index contributed by atoms with van der Waals surface area (Å²) in [4.78, 5) is 24.1. The van der Waals surface area contributed by atoms with Gasteiger partial charge in [0.05, 0.1) is 5.92 Å². The molecule has 0 unspecified atom stereocenters. The monoisotopic (exact) mass is 289 g/mol. The van der Waals surface area contributed by atoms with Gasteiger partial charge in [-0.3, -0.25) is 9.59 Å². The quantitative estimate of drug-likeness (QED) is 0.790. The Morgan fingerprint density at radius 2 is 2.19 bits per heavy atom. The van der Waals surface area contributed by atoms with Gasteiger partial charge in [-0.25, -0.2) is 0 Å². The molecule has 1 fully saturated rings. The molecular weight excluding hydrogens is 266 g/mol. The fraction of sp³-hybridized carbons (Fsp3) is 0.500. The van der Waals surface area contributed by atoms with Crippen LogP contribution in [0, 0.1) is 12.8 Å². The molecule has 0 saturated carbocycles. The molecule has 1 aromatic rings. The Kier molecular flexibility index (Phi) is 5.33. The molecule has 2 rings (SSSR count). The SMILES string of the molecule is CCNC(=O)c1ccc(C)c(NC(=O)[C@@H]2CCCNC2)c1. The van der Waals surface area contributed by atoms with Crippen molar-refractivity contribution < 1.29 is 9.59 Å². The highest BCUT2D eigenvalue weighted by molar-refractivity contribution is 5.98. The second-order valence-corrected chi connectivity index (χ2v) is 5.42. The fourth-order valence-corrected chi connectivity index (χ4v) is 2.47.